The maximum absolute atomic E-state index is 9.55. The zero-order valence-electron chi connectivity index (χ0n) is 14.0. The van der Waals surface area contributed by atoms with Gasteiger partial charge in [-0.1, -0.05) is 48.0 Å². The number of allylic oxidation sites excluding steroid dienone is 1. The van der Waals surface area contributed by atoms with Crippen molar-refractivity contribution in [3.63, 3.8) is 0 Å². The Morgan fingerprint density at radius 1 is 1.08 bits per heavy atom. The summed E-state index contributed by atoms with van der Waals surface area (Å²) in [5.74, 6) is 0. The zero-order chi connectivity index (χ0) is 17.1. The van der Waals surface area contributed by atoms with Crippen LogP contribution in [0.2, 0.25) is 0 Å². The standard InChI is InChI=1S/C21H18N2S/c1-14-8-9-19(16(3)10-14)20-13-24-21(23-20)18(12-22)11-17-7-5-4-6-15(17)2/h4-11,13H,1-3H3/b18-11-. The lowest BCUT2D eigenvalue weighted by Crippen LogP contribution is -1.87. The molecule has 0 aliphatic rings. The van der Waals surface area contributed by atoms with E-state index < -0.39 is 0 Å². The Morgan fingerprint density at radius 2 is 1.88 bits per heavy atom. The lowest BCUT2D eigenvalue weighted by atomic mass is 10.0. The van der Waals surface area contributed by atoms with Gasteiger partial charge in [0.05, 0.1) is 11.3 Å². The van der Waals surface area contributed by atoms with Crippen molar-refractivity contribution in [1.82, 2.24) is 4.98 Å². The van der Waals surface area contributed by atoms with E-state index in [0.717, 1.165) is 27.4 Å². The van der Waals surface area contributed by atoms with E-state index in [2.05, 4.69) is 38.1 Å². The molecule has 3 heteroatoms. The summed E-state index contributed by atoms with van der Waals surface area (Å²) in [6.07, 6.45) is 1.92. The van der Waals surface area contributed by atoms with E-state index in [4.69, 9.17) is 4.98 Å². The summed E-state index contributed by atoms with van der Waals surface area (Å²) in [5, 5.41) is 12.3. The molecular weight excluding hydrogens is 312 g/mol. The van der Waals surface area contributed by atoms with Crippen molar-refractivity contribution < 1.29 is 0 Å². The van der Waals surface area contributed by atoms with E-state index in [9.17, 15) is 5.26 Å². The monoisotopic (exact) mass is 330 g/mol. The Balaban J connectivity index is 2.00. The van der Waals surface area contributed by atoms with Gasteiger partial charge in [0.2, 0.25) is 0 Å². The molecule has 0 radical (unpaired) electrons. The van der Waals surface area contributed by atoms with E-state index in [0.29, 0.717) is 5.57 Å². The number of benzene rings is 2. The SMILES string of the molecule is Cc1ccc(-c2csc(/C(C#N)=C\c3ccccc3C)n2)c(C)c1. The average molecular weight is 330 g/mol. The van der Waals surface area contributed by atoms with Gasteiger partial charge in [0.1, 0.15) is 11.1 Å². The Hall–Kier alpha value is -2.70. The number of rotatable bonds is 3. The predicted molar refractivity (Wildman–Crippen MR) is 102 cm³/mol. The van der Waals surface area contributed by atoms with Crippen molar-refractivity contribution in [2.24, 2.45) is 0 Å². The van der Waals surface area contributed by atoms with Crippen molar-refractivity contribution in [3.05, 3.63) is 75.1 Å². The van der Waals surface area contributed by atoms with Crippen molar-refractivity contribution in [1.29, 1.82) is 5.26 Å². The fourth-order valence-electron chi connectivity index (χ4n) is 2.67. The molecule has 3 rings (SSSR count). The Kier molecular flexibility index (Phi) is 4.59. The van der Waals surface area contributed by atoms with Gasteiger partial charge in [0.25, 0.3) is 0 Å². The number of aromatic nitrogens is 1. The second-order valence-electron chi connectivity index (χ2n) is 5.88. The van der Waals surface area contributed by atoms with Crippen LogP contribution < -0.4 is 0 Å². The van der Waals surface area contributed by atoms with Crippen molar-refractivity contribution in [3.8, 4) is 17.3 Å². The highest BCUT2D eigenvalue weighted by molar-refractivity contribution is 7.11. The fraction of sp³-hybridized carbons (Fsp3) is 0.143. The number of hydrogen-bond acceptors (Lipinski definition) is 3. The smallest absolute Gasteiger partial charge is 0.134 e. The van der Waals surface area contributed by atoms with Gasteiger partial charge < -0.3 is 0 Å². The maximum Gasteiger partial charge on any atom is 0.134 e. The molecule has 0 N–H and O–H groups in total. The second-order valence-corrected chi connectivity index (χ2v) is 6.74. The van der Waals surface area contributed by atoms with E-state index >= 15 is 0 Å². The minimum Gasteiger partial charge on any atom is -0.235 e. The lowest BCUT2D eigenvalue weighted by molar-refractivity contribution is 1.32. The number of nitriles is 1. The molecule has 118 valence electrons. The Bertz CT molecular complexity index is 958. The quantitative estimate of drug-likeness (QED) is 0.569. The van der Waals surface area contributed by atoms with Gasteiger partial charge in [0.15, 0.2) is 0 Å². The highest BCUT2D eigenvalue weighted by Crippen LogP contribution is 2.29. The summed E-state index contributed by atoms with van der Waals surface area (Å²) in [6, 6.07) is 16.7. The highest BCUT2D eigenvalue weighted by atomic mass is 32.1. The molecule has 0 unspecified atom stereocenters. The predicted octanol–water partition coefficient (Wildman–Crippen LogP) is 5.80. The van der Waals surface area contributed by atoms with E-state index in [1.807, 2.05) is 42.6 Å². The third kappa shape index (κ3) is 3.29. The van der Waals surface area contributed by atoms with Crippen LogP contribution >= 0.6 is 11.3 Å². The van der Waals surface area contributed by atoms with Gasteiger partial charge in [0, 0.05) is 10.9 Å². The molecule has 0 amide bonds. The summed E-state index contributed by atoms with van der Waals surface area (Å²) in [5.41, 5.74) is 7.30. The molecule has 3 aromatic rings. The first-order valence-corrected chi connectivity index (χ1v) is 8.67. The van der Waals surface area contributed by atoms with Crippen molar-refractivity contribution >= 4 is 23.0 Å². The molecule has 0 bridgehead atoms. The van der Waals surface area contributed by atoms with Gasteiger partial charge in [-0.05, 0) is 43.5 Å². The fourth-order valence-corrected chi connectivity index (χ4v) is 3.45. The van der Waals surface area contributed by atoms with Gasteiger partial charge in [-0.25, -0.2) is 4.98 Å². The summed E-state index contributed by atoms with van der Waals surface area (Å²) in [4.78, 5) is 4.70. The molecule has 0 fully saturated rings. The lowest BCUT2D eigenvalue weighted by Gasteiger charge is -2.03. The third-order valence-electron chi connectivity index (χ3n) is 4.00. The van der Waals surface area contributed by atoms with Crippen molar-refractivity contribution in [2.75, 3.05) is 0 Å². The first-order valence-electron chi connectivity index (χ1n) is 7.79. The van der Waals surface area contributed by atoms with Crippen LogP contribution in [-0.4, -0.2) is 4.98 Å². The minimum atomic E-state index is 0.602. The molecule has 24 heavy (non-hydrogen) atoms. The number of thiazole rings is 1. The van der Waals surface area contributed by atoms with Crippen LogP contribution in [0.3, 0.4) is 0 Å². The van der Waals surface area contributed by atoms with Crippen LogP contribution in [0.5, 0.6) is 0 Å². The van der Waals surface area contributed by atoms with Crippen LogP contribution in [0.15, 0.2) is 47.8 Å². The minimum absolute atomic E-state index is 0.602. The molecule has 1 heterocycles. The molecule has 1 aromatic heterocycles. The van der Waals surface area contributed by atoms with Gasteiger partial charge in [-0.3, -0.25) is 0 Å². The Labute approximate surface area is 146 Å². The summed E-state index contributed by atoms with van der Waals surface area (Å²) in [6.45, 7) is 6.22. The van der Waals surface area contributed by atoms with E-state index in [1.54, 1.807) is 0 Å². The van der Waals surface area contributed by atoms with Crippen molar-refractivity contribution in [2.45, 2.75) is 20.8 Å². The molecule has 2 nitrogen and oxygen atoms in total. The highest BCUT2D eigenvalue weighted by Gasteiger charge is 2.11. The van der Waals surface area contributed by atoms with Crippen LogP contribution in [0.25, 0.3) is 22.9 Å². The van der Waals surface area contributed by atoms with Crippen LogP contribution in [-0.2, 0) is 0 Å². The second kappa shape index (κ2) is 6.82. The average Bonchev–Trinajstić information content (AvgIpc) is 3.03. The maximum atomic E-state index is 9.55. The summed E-state index contributed by atoms with van der Waals surface area (Å²) >= 11 is 1.51. The number of nitrogens with zero attached hydrogens (tertiary/aromatic N) is 2. The normalized spacial score (nSPS) is 11.3. The molecule has 2 aromatic carbocycles. The van der Waals surface area contributed by atoms with Gasteiger partial charge in [-0.2, -0.15) is 5.26 Å². The topological polar surface area (TPSA) is 36.7 Å². The van der Waals surface area contributed by atoms with Crippen LogP contribution in [0.1, 0.15) is 27.3 Å². The number of hydrogen-bond donors (Lipinski definition) is 0. The zero-order valence-corrected chi connectivity index (χ0v) is 14.8. The summed E-state index contributed by atoms with van der Waals surface area (Å²) < 4.78 is 0. The third-order valence-corrected chi connectivity index (χ3v) is 4.88. The largest absolute Gasteiger partial charge is 0.235 e. The molecular formula is C21H18N2S. The summed E-state index contributed by atoms with van der Waals surface area (Å²) in [7, 11) is 0. The molecule has 0 saturated heterocycles. The molecule has 0 saturated carbocycles. The van der Waals surface area contributed by atoms with Gasteiger partial charge in [-0.15, -0.1) is 11.3 Å². The van der Waals surface area contributed by atoms with Crippen LogP contribution in [0, 0.1) is 32.1 Å². The van der Waals surface area contributed by atoms with E-state index in [1.165, 1.54) is 22.5 Å². The molecule has 0 aliphatic carbocycles. The molecule has 0 aliphatic heterocycles. The van der Waals surface area contributed by atoms with E-state index in [-0.39, 0.29) is 0 Å². The van der Waals surface area contributed by atoms with Gasteiger partial charge >= 0.3 is 0 Å². The Morgan fingerprint density at radius 3 is 2.58 bits per heavy atom. The molecule has 0 atom stereocenters. The first kappa shape index (κ1) is 16.2. The van der Waals surface area contributed by atoms with Crippen LogP contribution in [0.4, 0.5) is 0 Å². The number of aryl methyl sites for hydroxylation is 3. The first-order chi connectivity index (χ1) is 11.6. The molecule has 0 spiro atoms.